The molecular formula is C59H54BrN3O12. The van der Waals surface area contributed by atoms with Gasteiger partial charge in [-0.05, 0) is 137 Å². The highest BCUT2D eigenvalue weighted by Gasteiger charge is 2.30. The lowest BCUT2D eigenvalue weighted by molar-refractivity contribution is 0.377. The number of anilines is 3. The zero-order chi connectivity index (χ0) is 54.0. The lowest BCUT2D eigenvalue weighted by Crippen LogP contribution is -2.31. The monoisotopic (exact) mass is 1080 g/mol. The molecule has 6 heterocycles. The van der Waals surface area contributed by atoms with Crippen LogP contribution in [-0.2, 0) is 0 Å². The largest absolute Gasteiger partial charge is 0.504 e. The molecule has 3 aromatic heterocycles. The van der Waals surface area contributed by atoms with Gasteiger partial charge in [-0.25, -0.2) is 14.4 Å². The first kappa shape index (κ1) is 50.2. The Labute approximate surface area is 437 Å². The van der Waals surface area contributed by atoms with Crippen LogP contribution in [0.15, 0.2) is 117 Å². The molecule has 9 aromatic rings. The summed E-state index contributed by atoms with van der Waals surface area (Å²) in [4.78, 5) is 38.2. The van der Waals surface area contributed by atoms with Crippen molar-refractivity contribution in [2.45, 2.75) is 78.9 Å². The number of phenols is 4. The smallest absolute Gasteiger partial charge is 0.344 e. The number of rotatable bonds is 2. The quantitative estimate of drug-likeness (QED) is 0.0485. The van der Waals surface area contributed by atoms with E-state index in [1.807, 2.05) is 51.1 Å². The lowest BCUT2D eigenvalue weighted by atomic mass is 9.88. The summed E-state index contributed by atoms with van der Waals surface area (Å²) in [5, 5.41) is 55.5. The van der Waals surface area contributed by atoms with Crippen molar-refractivity contribution in [2.75, 3.05) is 30.2 Å². The standard InChI is InChI=1S/C20H18BrNO4.C20H19NO4.C19H17NO4/c1-9-8-20(2,3)22-12-6-5-10-15(14(9)12)19(24)26-17-11(21)7-13(23)18(25-4)16(10)17;1-10-9-20(2,3)21-12-6-5-11-16-14(8-7-13(22)18(16)24-4)25-19(23)17(11)15(10)12;1-9-8-19(2,3)20-11-5-4-10-15-13(7-6-12(21)17(15)22)24-18(23)16(10)14(9)11/h5-8,22-23H,1-4H3;5-9,21-22H,1-4H3;4-8,20-22H,1-3H3. The van der Waals surface area contributed by atoms with E-state index in [0.717, 1.165) is 50.5 Å². The molecule has 0 radical (unpaired) electrons. The Morgan fingerprint density at radius 2 is 0.840 bits per heavy atom. The van der Waals surface area contributed by atoms with E-state index in [0.29, 0.717) is 69.9 Å². The fourth-order valence-corrected chi connectivity index (χ4v) is 11.7. The van der Waals surface area contributed by atoms with Crippen molar-refractivity contribution in [3.8, 4) is 34.5 Å². The lowest BCUT2D eigenvalue weighted by Gasteiger charge is -2.32. The predicted octanol–water partition coefficient (Wildman–Crippen LogP) is 13.3. The summed E-state index contributed by atoms with van der Waals surface area (Å²) in [7, 11) is 2.96. The van der Waals surface area contributed by atoms with E-state index in [9.17, 15) is 34.8 Å². The SMILES string of the molecule is CC1=CC(C)(C)Nc2ccc3c(c21)c(=O)oc1ccc(O)c(O)c13.COc1c(O)cc(Br)c2oc(=O)c3c4c(ccc3c12)NC(C)(C)C=C4C.COc1c(O)ccc2oc(=O)c3c4c(ccc3c12)NC(C)(C)C=C4C. The average molecular weight is 1080 g/mol. The second-order valence-corrected chi connectivity index (χ2v) is 21.7. The molecular weight excluding hydrogens is 1020 g/mol. The van der Waals surface area contributed by atoms with Crippen molar-refractivity contribution in [3.05, 3.63) is 137 Å². The molecule has 0 atom stereocenters. The topological polar surface area (TPSA) is 226 Å². The minimum atomic E-state index is -0.464. The van der Waals surface area contributed by atoms with Crippen LogP contribution in [0.2, 0.25) is 0 Å². The first-order valence-electron chi connectivity index (χ1n) is 24.0. The van der Waals surface area contributed by atoms with Crippen molar-refractivity contribution in [1.29, 1.82) is 0 Å². The highest BCUT2D eigenvalue weighted by Crippen LogP contribution is 2.47. The average Bonchev–Trinajstić information content (AvgIpc) is 3.33. The number of aromatic hydroxyl groups is 4. The van der Waals surface area contributed by atoms with Gasteiger partial charge in [-0.2, -0.15) is 0 Å². The van der Waals surface area contributed by atoms with Crippen LogP contribution in [-0.4, -0.2) is 51.3 Å². The number of hydrogen-bond donors (Lipinski definition) is 7. The van der Waals surface area contributed by atoms with Gasteiger partial charge in [0.25, 0.3) is 0 Å². The third kappa shape index (κ3) is 8.33. The van der Waals surface area contributed by atoms with Crippen molar-refractivity contribution in [1.82, 2.24) is 0 Å². The maximum atomic E-state index is 12.9. The summed E-state index contributed by atoms with van der Waals surface area (Å²) in [6, 6.07) is 18.6. The van der Waals surface area contributed by atoms with Crippen LogP contribution in [0.1, 0.15) is 79.0 Å². The van der Waals surface area contributed by atoms with Gasteiger partial charge in [0.2, 0.25) is 0 Å². The Kier molecular flexibility index (Phi) is 11.8. The molecule has 12 rings (SSSR count). The zero-order valence-corrected chi connectivity index (χ0v) is 44.6. The minimum absolute atomic E-state index is 0.00870. The van der Waals surface area contributed by atoms with E-state index < -0.39 is 16.9 Å². The van der Waals surface area contributed by atoms with Crippen molar-refractivity contribution < 1.29 is 43.2 Å². The van der Waals surface area contributed by atoms with Crippen molar-refractivity contribution in [3.63, 3.8) is 0 Å². The van der Waals surface area contributed by atoms with Crippen LogP contribution in [0.3, 0.4) is 0 Å². The summed E-state index contributed by atoms with van der Waals surface area (Å²) in [5.74, 6) is 0.0362. The van der Waals surface area contributed by atoms with Crippen molar-refractivity contribution >= 4 is 115 Å². The molecule has 0 saturated heterocycles. The molecule has 0 saturated carbocycles. The Hall–Kier alpha value is -8.37. The van der Waals surface area contributed by atoms with Crippen LogP contribution in [0.5, 0.6) is 34.5 Å². The molecule has 0 fully saturated rings. The van der Waals surface area contributed by atoms with E-state index in [4.69, 9.17) is 22.7 Å². The van der Waals surface area contributed by atoms with E-state index >= 15 is 0 Å². The number of halogens is 1. The van der Waals surface area contributed by atoms with E-state index in [-0.39, 0.29) is 50.9 Å². The maximum Gasteiger partial charge on any atom is 0.344 e. The molecule has 3 aliphatic heterocycles. The Bertz CT molecular complexity index is 4270. The normalized spacial score (nSPS) is 15.7. The van der Waals surface area contributed by atoms with Gasteiger partial charge in [0.15, 0.2) is 40.1 Å². The number of hydrogen-bond acceptors (Lipinski definition) is 15. The van der Waals surface area contributed by atoms with Gasteiger partial charge in [0, 0.05) is 56.0 Å². The zero-order valence-electron chi connectivity index (χ0n) is 43.0. The third-order valence-corrected chi connectivity index (χ3v) is 14.3. The molecule has 0 aliphatic carbocycles. The fraction of sp³-hybridized carbons (Fsp3) is 0.237. The minimum Gasteiger partial charge on any atom is -0.504 e. The highest BCUT2D eigenvalue weighted by molar-refractivity contribution is 9.10. The molecule has 6 aromatic carbocycles. The van der Waals surface area contributed by atoms with Crippen LogP contribution in [0.25, 0.3) is 81.9 Å². The summed E-state index contributed by atoms with van der Waals surface area (Å²) < 4.78 is 27.8. The van der Waals surface area contributed by atoms with E-state index in [2.05, 4.69) is 91.7 Å². The van der Waals surface area contributed by atoms with Gasteiger partial charge in [0.1, 0.15) is 11.2 Å². The summed E-state index contributed by atoms with van der Waals surface area (Å²) in [6.45, 7) is 18.3. The van der Waals surface area contributed by atoms with Gasteiger partial charge in [-0.15, -0.1) is 0 Å². The Morgan fingerprint density at radius 3 is 1.28 bits per heavy atom. The number of phenolic OH excluding ortho intramolecular Hbond substituents is 4. The second kappa shape index (κ2) is 17.6. The van der Waals surface area contributed by atoms with Gasteiger partial charge in [-0.1, -0.05) is 36.4 Å². The number of nitrogens with one attached hydrogen (secondary N) is 3. The first-order valence-corrected chi connectivity index (χ1v) is 24.8. The number of fused-ring (bicyclic) bond motifs is 15. The number of allylic oxidation sites excluding steroid dienone is 3. The van der Waals surface area contributed by atoms with Crippen LogP contribution < -0.4 is 42.3 Å². The Morgan fingerprint density at radius 1 is 0.467 bits per heavy atom. The molecule has 0 amide bonds. The molecule has 16 heteroatoms. The van der Waals surface area contributed by atoms with Gasteiger partial charge < -0.3 is 59.1 Å². The summed E-state index contributed by atoms with van der Waals surface area (Å²) in [6.07, 6.45) is 6.24. The van der Waals surface area contributed by atoms with Gasteiger partial charge >= 0.3 is 16.9 Å². The second-order valence-electron chi connectivity index (χ2n) is 20.8. The van der Waals surface area contributed by atoms with Crippen molar-refractivity contribution in [2.24, 2.45) is 0 Å². The van der Waals surface area contributed by atoms with Crippen LogP contribution in [0, 0.1) is 0 Å². The molecule has 384 valence electrons. The molecule has 0 bridgehead atoms. The van der Waals surface area contributed by atoms with Gasteiger partial charge in [0.05, 0.1) is 67.6 Å². The maximum absolute atomic E-state index is 12.9. The molecule has 15 nitrogen and oxygen atoms in total. The predicted molar refractivity (Wildman–Crippen MR) is 301 cm³/mol. The fourth-order valence-electron chi connectivity index (χ4n) is 11.2. The highest BCUT2D eigenvalue weighted by atomic mass is 79.9. The molecule has 75 heavy (non-hydrogen) atoms. The summed E-state index contributed by atoms with van der Waals surface area (Å²) >= 11 is 3.36. The first-order chi connectivity index (χ1) is 35.3. The summed E-state index contributed by atoms with van der Waals surface area (Å²) in [5.41, 5.74) is 7.08. The third-order valence-electron chi connectivity index (χ3n) is 13.7. The van der Waals surface area contributed by atoms with E-state index in [1.165, 1.54) is 38.5 Å². The molecule has 0 spiro atoms. The molecule has 0 unspecified atom stereocenters. The number of ether oxygens (including phenoxy) is 2. The van der Waals surface area contributed by atoms with Gasteiger partial charge in [-0.3, -0.25) is 0 Å². The number of benzene rings is 6. The molecule has 3 aliphatic rings. The van der Waals surface area contributed by atoms with Crippen LogP contribution >= 0.6 is 15.9 Å². The van der Waals surface area contributed by atoms with E-state index in [1.54, 1.807) is 12.1 Å². The Balaban J connectivity index is 0.000000128. The van der Waals surface area contributed by atoms with Crippen LogP contribution in [0.4, 0.5) is 17.1 Å². The number of methoxy groups -OCH3 is 2. The molecule has 7 N–H and O–H groups in total.